The molecule has 1 aromatic carbocycles. The molecule has 3 rings (SSSR count). The fraction of sp³-hybridized carbons (Fsp3) is 0.579. The van der Waals surface area contributed by atoms with Crippen molar-refractivity contribution in [1.29, 1.82) is 0 Å². The van der Waals surface area contributed by atoms with Crippen molar-refractivity contribution < 1.29 is 18.5 Å². The standard InChI is InChI=1S/C19H25NO4S/c1-25(23)17-11-5-3-9-15(17)19(22)24-13-18(21)20-12-6-8-14-7-2-4-10-16(14)20/h3,5,9,11,14,16H,2,4,6-8,10,12-13H2,1H3/t14-,16-,25-/m0/s1. The lowest BCUT2D eigenvalue weighted by molar-refractivity contribution is -0.140. The largest absolute Gasteiger partial charge is 0.452 e. The van der Waals surface area contributed by atoms with Gasteiger partial charge in [0.15, 0.2) is 6.61 Å². The Morgan fingerprint density at radius 3 is 2.68 bits per heavy atom. The fourth-order valence-electron chi connectivity index (χ4n) is 4.11. The van der Waals surface area contributed by atoms with Crippen LogP contribution in [-0.2, 0) is 20.3 Å². The number of hydrogen-bond donors (Lipinski definition) is 0. The number of carbonyl (C=O) groups is 2. The number of ether oxygens (including phenoxy) is 1. The highest BCUT2D eigenvalue weighted by atomic mass is 32.2. The smallest absolute Gasteiger partial charge is 0.339 e. The van der Waals surface area contributed by atoms with Gasteiger partial charge in [0, 0.05) is 18.8 Å². The van der Waals surface area contributed by atoms with Gasteiger partial charge in [-0.05, 0) is 43.7 Å². The summed E-state index contributed by atoms with van der Waals surface area (Å²) < 4.78 is 17.0. The summed E-state index contributed by atoms with van der Waals surface area (Å²) in [5.41, 5.74) is 0.269. The molecule has 25 heavy (non-hydrogen) atoms. The number of piperidine rings is 1. The van der Waals surface area contributed by atoms with E-state index in [2.05, 4.69) is 0 Å². The van der Waals surface area contributed by atoms with Gasteiger partial charge in [0.1, 0.15) is 0 Å². The van der Waals surface area contributed by atoms with Gasteiger partial charge in [-0.3, -0.25) is 9.00 Å². The van der Waals surface area contributed by atoms with E-state index < -0.39 is 16.8 Å². The molecule has 0 bridgehead atoms. The summed E-state index contributed by atoms with van der Waals surface area (Å²) in [5.74, 6) is -0.0956. The third kappa shape index (κ3) is 4.11. The van der Waals surface area contributed by atoms with Gasteiger partial charge in [0.05, 0.1) is 21.3 Å². The maximum atomic E-state index is 12.6. The number of hydrogen-bond acceptors (Lipinski definition) is 4. The molecule has 1 aliphatic carbocycles. The molecule has 1 saturated carbocycles. The summed E-state index contributed by atoms with van der Waals surface area (Å²) >= 11 is 0. The zero-order valence-electron chi connectivity index (χ0n) is 14.6. The monoisotopic (exact) mass is 363 g/mol. The molecule has 1 aliphatic heterocycles. The Bertz CT molecular complexity index is 673. The maximum absolute atomic E-state index is 12.6. The van der Waals surface area contributed by atoms with Crippen molar-refractivity contribution in [3.63, 3.8) is 0 Å². The molecule has 0 unspecified atom stereocenters. The van der Waals surface area contributed by atoms with E-state index >= 15 is 0 Å². The van der Waals surface area contributed by atoms with Crippen LogP contribution in [0.3, 0.4) is 0 Å². The van der Waals surface area contributed by atoms with Crippen molar-refractivity contribution in [2.75, 3.05) is 19.4 Å². The van der Waals surface area contributed by atoms with Gasteiger partial charge in [0.2, 0.25) is 0 Å². The molecule has 2 aliphatic rings. The average Bonchev–Trinajstić information content (AvgIpc) is 2.65. The van der Waals surface area contributed by atoms with E-state index in [-0.39, 0.29) is 18.1 Å². The second kappa shape index (κ2) is 8.13. The van der Waals surface area contributed by atoms with Crippen LogP contribution >= 0.6 is 0 Å². The van der Waals surface area contributed by atoms with E-state index in [0.717, 1.165) is 19.4 Å². The number of likely N-dealkylation sites (tertiary alicyclic amines) is 1. The van der Waals surface area contributed by atoms with Crippen molar-refractivity contribution in [2.24, 2.45) is 5.92 Å². The first-order chi connectivity index (χ1) is 12.1. The topological polar surface area (TPSA) is 63.7 Å². The molecule has 1 amide bonds. The molecule has 1 heterocycles. The number of carbonyl (C=O) groups excluding carboxylic acids is 2. The summed E-state index contributed by atoms with van der Waals surface area (Å²) in [6.07, 6.45) is 8.42. The van der Waals surface area contributed by atoms with Gasteiger partial charge in [-0.15, -0.1) is 0 Å². The van der Waals surface area contributed by atoms with Gasteiger partial charge in [-0.1, -0.05) is 25.0 Å². The molecule has 0 spiro atoms. The third-order valence-electron chi connectivity index (χ3n) is 5.31. The number of esters is 1. The Kier molecular flexibility index (Phi) is 5.89. The zero-order valence-corrected chi connectivity index (χ0v) is 15.4. The van der Waals surface area contributed by atoms with Gasteiger partial charge < -0.3 is 9.64 Å². The molecule has 1 aromatic rings. The maximum Gasteiger partial charge on any atom is 0.339 e. The number of fused-ring (bicyclic) bond motifs is 1. The molecule has 0 radical (unpaired) electrons. The number of amides is 1. The Balaban J connectivity index is 1.62. The molecular weight excluding hydrogens is 338 g/mol. The molecule has 1 saturated heterocycles. The van der Waals surface area contributed by atoms with Crippen LogP contribution in [0.15, 0.2) is 29.2 Å². The molecule has 136 valence electrons. The molecule has 2 fully saturated rings. The van der Waals surface area contributed by atoms with Gasteiger partial charge in [0.25, 0.3) is 5.91 Å². The lowest BCUT2D eigenvalue weighted by Gasteiger charge is -2.44. The highest BCUT2D eigenvalue weighted by Gasteiger charge is 2.35. The summed E-state index contributed by atoms with van der Waals surface area (Å²) in [6, 6.07) is 6.97. The molecule has 0 N–H and O–H groups in total. The van der Waals surface area contributed by atoms with Crippen LogP contribution in [0.4, 0.5) is 0 Å². The fourth-order valence-corrected chi connectivity index (χ4v) is 4.84. The van der Waals surface area contributed by atoms with Crippen LogP contribution in [0, 0.1) is 5.92 Å². The number of rotatable bonds is 4. The summed E-state index contributed by atoms with van der Waals surface area (Å²) in [7, 11) is -1.28. The minimum absolute atomic E-state index is 0.111. The zero-order chi connectivity index (χ0) is 17.8. The summed E-state index contributed by atoms with van der Waals surface area (Å²) in [4.78, 5) is 27.3. The highest BCUT2D eigenvalue weighted by molar-refractivity contribution is 7.84. The van der Waals surface area contributed by atoms with Crippen molar-refractivity contribution in [3.05, 3.63) is 29.8 Å². The summed E-state index contributed by atoms with van der Waals surface area (Å²) in [5, 5.41) is 0. The lowest BCUT2D eigenvalue weighted by Crippen LogP contribution is -2.50. The quantitative estimate of drug-likeness (QED) is 0.772. The van der Waals surface area contributed by atoms with E-state index in [4.69, 9.17) is 4.74 Å². The van der Waals surface area contributed by atoms with Crippen molar-refractivity contribution in [2.45, 2.75) is 49.5 Å². The van der Waals surface area contributed by atoms with Crippen molar-refractivity contribution in [3.8, 4) is 0 Å². The SMILES string of the molecule is C[S@](=O)c1ccccc1C(=O)OCC(=O)N1CCC[C@@H]2CCCC[C@@H]21. The van der Waals surface area contributed by atoms with Crippen LogP contribution in [0.5, 0.6) is 0 Å². The minimum atomic E-state index is -1.28. The normalized spacial score (nSPS) is 24.3. The molecular formula is C19H25NO4S. The first-order valence-corrected chi connectivity index (χ1v) is 10.5. The Labute approximate surface area is 151 Å². The van der Waals surface area contributed by atoms with Crippen LogP contribution in [0.1, 0.15) is 48.9 Å². The van der Waals surface area contributed by atoms with Gasteiger partial charge in [-0.25, -0.2) is 4.79 Å². The number of nitrogens with zero attached hydrogens (tertiary/aromatic N) is 1. The third-order valence-corrected chi connectivity index (χ3v) is 6.28. The summed E-state index contributed by atoms with van der Waals surface area (Å²) in [6.45, 7) is 0.514. The van der Waals surface area contributed by atoms with Crippen LogP contribution in [0.25, 0.3) is 0 Å². The Morgan fingerprint density at radius 2 is 1.88 bits per heavy atom. The lowest BCUT2D eigenvalue weighted by atomic mass is 9.78. The molecule has 5 nitrogen and oxygen atoms in total. The predicted molar refractivity (Wildman–Crippen MR) is 95.7 cm³/mol. The molecule has 0 aromatic heterocycles. The van der Waals surface area contributed by atoms with Crippen LogP contribution in [-0.4, -0.2) is 46.4 Å². The van der Waals surface area contributed by atoms with Gasteiger partial charge >= 0.3 is 5.97 Å². The predicted octanol–water partition coefficient (Wildman–Crippen LogP) is 2.76. The Morgan fingerprint density at radius 1 is 1.16 bits per heavy atom. The van der Waals surface area contributed by atoms with Crippen molar-refractivity contribution in [1.82, 2.24) is 4.90 Å². The van der Waals surface area contributed by atoms with Crippen LogP contribution < -0.4 is 0 Å². The highest BCUT2D eigenvalue weighted by Crippen LogP contribution is 2.35. The van der Waals surface area contributed by atoms with Gasteiger partial charge in [-0.2, -0.15) is 0 Å². The Hall–Kier alpha value is -1.69. The second-order valence-corrected chi connectivity index (χ2v) is 8.22. The van der Waals surface area contributed by atoms with E-state index in [9.17, 15) is 13.8 Å². The van der Waals surface area contributed by atoms with Crippen molar-refractivity contribution >= 4 is 22.7 Å². The van der Waals surface area contributed by atoms with E-state index in [1.807, 2.05) is 4.90 Å². The average molecular weight is 363 g/mol. The second-order valence-electron chi connectivity index (χ2n) is 6.87. The molecule has 3 atom stereocenters. The molecule has 6 heteroatoms. The van der Waals surface area contributed by atoms with E-state index in [1.54, 1.807) is 24.3 Å². The van der Waals surface area contributed by atoms with E-state index in [1.165, 1.54) is 31.9 Å². The first kappa shape index (κ1) is 18.1. The minimum Gasteiger partial charge on any atom is -0.452 e. The first-order valence-electron chi connectivity index (χ1n) is 8.97. The number of benzene rings is 1. The van der Waals surface area contributed by atoms with E-state index in [0.29, 0.717) is 16.9 Å². The van der Waals surface area contributed by atoms with Crippen LogP contribution in [0.2, 0.25) is 0 Å².